The van der Waals surface area contributed by atoms with Gasteiger partial charge in [-0.05, 0) is 18.4 Å². The molecule has 0 spiro atoms. The summed E-state index contributed by atoms with van der Waals surface area (Å²) in [6, 6.07) is 7.95. The van der Waals surface area contributed by atoms with Crippen molar-refractivity contribution in [3.8, 4) is 5.75 Å². The van der Waals surface area contributed by atoms with Gasteiger partial charge in [-0.25, -0.2) is 0 Å². The quantitative estimate of drug-likeness (QED) is 0.271. The first-order valence-electron chi connectivity index (χ1n) is 7.81. The van der Waals surface area contributed by atoms with E-state index in [9.17, 15) is 0 Å². The molecule has 0 aliphatic rings. The van der Waals surface area contributed by atoms with E-state index in [4.69, 9.17) is 9.47 Å². The van der Waals surface area contributed by atoms with Crippen LogP contribution in [0, 0.1) is 5.92 Å². The Kier molecular flexibility index (Phi) is 12.8. The van der Waals surface area contributed by atoms with Gasteiger partial charge in [0.1, 0.15) is 5.75 Å². The summed E-state index contributed by atoms with van der Waals surface area (Å²) < 4.78 is 10.9. The van der Waals surface area contributed by atoms with Crippen LogP contribution < -0.4 is 15.4 Å². The van der Waals surface area contributed by atoms with Crippen molar-refractivity contribution in [1.82, 2.24) is 10.6 Å². The maximum atomic E-state index is 5.57. The molecule has 0 bridgehead atoms. The molecule has 0 fully saturated rings. The van der Waals surface area contributed by atoms with Crippen molar-refractivity contribution in [2.75, 3.05) is 33.9 Å². The maximum absolute atomic E-state index is 5.57. The Morgan fingerprint density at radius 2 is 1.91 bits per heavy atom. The molecule has 0 aromatic heterocycles. The lowest BCUT2D eigenvalue weighted by Crippen LogP contribution is -2.38. The molecule has 6 heteroatoms. The summed E-state index contributed by atoms with van der Waals surface area (Å²) in [5.74, 6) is 2.32. The molecule has 0 amide bonds. The molecule has 0 aliphatic carbocycles. The molecule has 0 heterocycles. The standard InChI is InChI=1S/C17H29N3O2.HI/c1-14(2)9-11-22-12-10-19-17(18-3)20-13-15-7-5-6-8-16(15)21-4;/h5-8,14H,9-13H2,1-4H3,(H2,18,19,20);1H. The van der Waals surface area contributed by atoms with E-state index in [0.29, 0.717) is 19.1 Å². The van der Waals surface area contributed by atoms with Crippen LogP contribution in [0.2, 0.25) is 0 Å². The molecular weight excluding hydrogens is 405 g/mol. The molecule has 1 aromatic carbocycles. The summed E-state index contributed by atoms with van der Waals surface area (Å²) in [4.78, 5) is 4.20. The van der Waals surface area contributed by atoms with Crippen LogP contribution in [0.3, 0.4) is 0 Å². The van der Waals surface area contributed by atoms with E-state index in [0.717, 1.165) is 36.8 Å². The summed E-state index contributed by atoms with van der Waals surface area (Å²) in [6.45, 7) is 7.30. The lowest BCUT2D eigenvalue weighted by molar-refractivity contribution is 0.128. The first kappa shape index (κ1) is 22.0. The topological polar surface area (TPSA) is 54.9 Å². The molecule has 0 saturated heterocycles. The van der Waals surface area contributed by atoms with Gasteiger partial charge in [-0.1, -0.05) is 32.0 Å². The third-order valence-corrected chi connectivity index (χ3v) is 3.24. The molecule has 5 nitrogen and oxygen atoms in total. The maximum Gasteiger partial charge on any atom is 0.191 e. The minimum atomic E-state index is 0. The number of ether oxygens (including phenoxy) is 2. The molecule has 23 heavy (non-hydrogen) atoms. The average molecular weight is 435 g/mol. The van der Waals surface area contributed by atoms with Gasteiger partial charge in [-0.2, -0.15) is 0 Å². The van der Waals surface area contributed by atoms with Gasteiger partial charge < -0.3 is 20.1 Å². The normalized spacial score (nSPS) is 11.1. The summed E-state index contributed by atoms with van der Waals surface area (Å²) in [5.41, 5.74) is 1.10. The highest BCUT2D eigenvalue weighted by Gasteiger charge is 2.03. The third-order valence-electron chi connectivity index (χ3n) is 3.24. The van der Waals surface area contributed by atoms with E-state index in [2.05, 4.69) is 29.5 Å². The monoisotopic (exact) mass is 435 g/mol. The van der Waals surface area contributed by atoms with Crippen LogP contribution in [0.1, 0.15) is 25.8 Å². The van der Waals surface area contributed by atoms with Gasteiger partial charge in [0, 0.05) is 32.3 Å². The van der Waals surface area contributed by atoms with Gasteiger partial charge in [0.15, 0.2) is 5.96 Å². The Bertz CT molecular complexity index is 453. The molecule has 0 aliphatic heterocycles. The molecule has 132 valence electrons. The number of nitrogens with zero attached hydrogens (tertiary/aromatic N) is 1. The minimum absolute atomic E-state index is 0. The molecule has 0 unspecified atom stereocenters. The Hall–Kier alpha value is -1.02. The van der Waals surface area contributed by atoms with Gasteiger partial charge in [0.25, 0.3) is 0 Å². The molecular formula is C17H30IN3O2. The number of benzene rings is 1. The number of hydrogen-bond donors (Lipinski definition) is 2. The fraction of sp³-hybridized carbons (Fsp3) is 0.588. The lowest BCUT2D eigenvalue weighted by atomic mass is 10.1. The van der Waals surface area contributed by atoms with Crippen LogP contribution >= 0.6 is 24.0 Å². The first-order chi connectivity index (χ1) is 10.7. The highest BCUT2D eigenvalue weighted by Crippen LogP contribution is 2.16. The second kappa shape index (κ2) is 13.4. The summed E-state index contributed by atoms with van der Waals surface area (Å²) >= 11 is 0. The number of rotatable bonds is 9. The van der Waals surface area contributed by atoms with E-state index >= 15 is 0 Å². The predicted octanol–water partition coefficient (Wildman–Crippen LogP) is 3.04. The van der Waals surface area contributed by atoms with Crippen molar-refractivity contribution < 1.29 is 9.47 Å². The zero-order chi connectivity index (χ0) is 16.2. The number of methoxy groups -OCH3 is 1. The summed E-state index contributed by atoms with van der Waals surface area (Å²) in [6.07, 6.45) is 1.10. The Morgan fingerprint density at radius 3 is 2.57 bits per heavy atom. The Labute approximate surface area is 157 Å². The highest BCUT2D eigenvalue weighted by atomic mass is 127. The zero-order valence-corrected chi connectivity index (χ0v) is 16.9. The molecule has 1 aromatic rings. The smallest absolute Gasteiger partial charge is 0.191 e. The van der Waals surface area contributed by atoms with E-state index in [1.165, 1.54) is 0 Å². The van der Waals surface area contributed by atoms with Crippen molar-refractivity contribution in [3.63, 3.8) is 0 Å². The van der Waals surface area contributed by atoms with Crippen LogP contribution in [-0.4, -0.2) is 39.9 Å². The van der Waals surface area contributed by atoms with Crippen LogP contribution in [0.5, 0.6) is 5.75 Å². The fourth-order valence-corrected chi connectivity index (χ4v) is 1.91. The SMILES string of the molecule is CN=C(NCCOCCC(C)C)NCc1ccccc1OC.I. The number of nitrogens with one attached hydrogen (secondary N) is 2. The van der Waals surface area contributed by atoms with Crippen LogP contribution in [0.25, 0.3) is 0 Å². The van der Waals surface area contributed by atoms with E-state index in [1.807, 2.05) is 24.3 Å². The third kappa shape index (κ3) is 9.65. The molecule has 0 saturated carbocycles. The number of hydrogen-bond acceptors (Lipinski definition) is 3. The summed E-state index contributed by atoms with van der Waals surface area (Å²) in [7, 11) is 3.44. The minimum Gasteiger partial charge on any atom is -0.496 e. The summed E-state index contributed by atoms with van der Waals surface area (Å²) in [5, 5.41) is 6.51. The fourth-order valence-electron chi connectivity index (χ4n) is 1.91. The largest absolute Gasteiger partial charge is 0.496 e. The number of halogens is 1. The van der Waals surface area contributed by atoms with Crippen molar-refractivity contribution in [1.29, 1.82) is 0 Å². The van der Waals surface area contributed by atoms with Crippen molar-refractivity contribution in [3.05, 3.63) is 29.8 Å². The number of para-hydroxylation sites is 1. The second-order valence-electron chi connectivity index (χ2n) is 5.46. The number of guanidine groups is 1. The molecule has 1 rings (SSSR count). The van der Waals surface area contributed by atoms with Gasteiger partial charge >= 0.3 is 0 Å². The van der Waals surface area contributed by atoms with Crippen molar-refractivity contribution >= 4 is 29.9 Å². The van der Waals surface area contributed by atoms with E-state index in [1.54, 1.807) is 14.2 Å². The second-order valence-corrected chi connectivity index (χ2v) is 5.46. The highest BCUT2D eigenvalue weighted by molar-refractivity contribution is 14.0. The van der Waals surface area contributed by atoms with E-state index < -0.39 is 0 Å². The van der Waals surface area contributed by atoms with Gasteiger partial charge in [-0.3, -0.25) is 4.99 Å². The van der Waals surface area contributed by atoms with Crippen LogP contribution in [-0.2, 0) is 11.3 Å². The van der Waals surface area contributed by atoms with Crippen LogP contribution in [0.15, 0.2) is 29.3 Å². The molecule has 0 radical (unpaired) electrons. The first-order valence-corrected chi connectivity index (χ1v) is 7.81. The van der Waals surface area contributed by atoms with Crippen molar-refractivity contribution in [2.24, 2.45) is 10.9 Å². The Balaban J connectivity index is 0.00000484. The lowest BCUT2D eigenvalue weighted by Gasteiger charge is -2.14. The van der Waals surface area contributed by atoms with Gasteiger partial charge in [0.05, 0.1) is 13.7 Å². The zero-order valence-electron chi connectivity index (χ0n) is 14.6. The molecule has 0 atom stereocenters. The average Bonchev–Trinajstić information content (AvgIpc) is 2.53. The predicted molar refractivity (Wildman–Crippen MR) is 107 cm³/mol. The van der Waals surface area contributed by atoms with Crippen molar-refractivity contribution in [2.45, 2.75) is 26.8 Å². The van der Waals surface area contributed by atoms with Gasteiger partial charge in [0.2, 0.25) is 0 Å². The Morgan fingerprint density at radius 1 is 1.17 bits per heavy atom. The van der Waals surface area contributed by atoms with Gasteiger partial charge in [-0.15, -0.1) is 24.0 Å². The van der Waals surface area contributed by atoms with E-state index in [-0.39, 0.29) is 24.0 Å². The molecule has 2 N–H and O–H groups in total. The number of aliphatic imine (C=N–C) groups is 1. The van der Waals surface area contributed by atoms with Crippen LogP contribution in [0.4, 0.5) is 0 Å².